The Hall–Kier alpha value is -3.68. The van der Waals surface area contributed by atoms with Gasteiger partial charge in [-0.15, -0.1) is 0 Å². The van der Waals surface area contributed by atoms with E-state index in [1.807, 2.05) is 110 Å². The maximum atomic E-state index is 13.6. The standard InChI is InChI=1S/C31H24Br2N2O3/c1-2-37-28-19-22(18-27(33)30(28)38-20-21-13-15-24(32)16-14-21)17-26-29(23-9-5-3-6-10-23)34-35(31(26)36)25-11-7-4-8-12-25/h3-19H,2,20H2,1H3/b26-17-. The number of hydrazone groups is 1. The summed E-state index contributed by atoms with van der Waals surface area (Å²) < 4.78 is 13.8. The van der Waals surface area contributed by atoms with Crippen molar-refractivity contribution in [1.29, 1.82) is 0 Å². The molecule has 0 aromatic heterocycles. The molecule has 1 aliphatic heterocycles. The second-order valence-electron chi connectivity index (χ2n) is 8.50. The number of para-hydroxylation sites is 1. The molecule has 0 bridgehead atoms. The largest absolute Gasteiger partial charge is 0.490 e. The van der Waals surface area contributed by atoms with Crippen molar-refractivity contribution in [1.82, 2.24) is 0 Å². The van der Waals surface area contributed by atoms with Crippen LogP contribution in [0.5, 0.6) is 11.5 Å². The van der Waals surface area contributed by atoms with E-state index in [1.54, 1.807) is 0 Å². The van der Waals surface area contributed by atoms with Gasteiger partial charge >= 0.3 is 0 Å². The van der Waals surface area contributed by atoms with Crippen LogP contribution in [0.15, 0.2) is 117 Å². The zero-order valence-electron chi connectivity index (χ0n) is 20.6. The van der Waals surface area contributed by atoms with E-state index in [0.29, 0.717) is 41.7 Å². The molecule has 0 N–H and O–H groups in total. The molecule has 0 radical (unpaired) electrons. The number of ether oxygens (including phenoxy) is 2. The number of rotatable bonds is 8. The average molecular weight is 632 g/mol. The van der Waals surface area contributed by atoms with E-state index in [9.17, 15) is 4.79 Å². The van der Waals surface area contributed by atoms with E-state index in [1.165, 1.54) is 5.01 Å². The van der Waals surface area contributed by atoms with Gasteiger partial charge in [0.1, 0.15) is 12.3 Å². The van der Waals surface area contributed by atoms with Crippen molar-refractivity contribution < 1.29 is 14.3 Å². The Morgan fingerprint density at radius 3 is 2.24 bits per heavy atom. The quantitative estimate of drug-likeness (QED) is 0.185. The van der Waals surface area contributed by atoms with Crippen molar-refractivity contribution in [3.8, 4) is 11.5 Å². The smallest absolute Gasteiger partial charge is 0.281 e. The number of amides is 1. The summed E-state index contributed by atoms with van der Waals surface area (Å²) in [5.41, 5.74) is 4.52. The van der Waals surface area contributed by atoms with Gasteiger partial charge in [-0.25, -0.2) is 0 Å². The summed E-state index contributed by atoms with van der Waals surface area (Å²) in [6, 6.07) is 30.9. The predicted molar refractivity (Wildman–Crippen MR) is 159 cm³/mol. The number of hydrogen-bond acceptors (Lipinski definition) is 4. The summed E-state index contributed by atoms with van der Waals surface area (Å²) in [5.74, 6) is 1.01. The monoisotopic (exact) mass is 630 g/mol. The highest BCUT2D eigenvalue weighted by molar-refractivity contribution is 9.10. The molecule has 0 fully saturated rings. The number of anilines is 1. The van der Waals surface area contributed by atoms with Gasteiger partial charge in [-0.2, -0.15) is 10.1 Å². The van der Waals surface area contributed by atoms with E-state index in [2.05, 4.69) is 31.9 Å². The molecule has 0 unspecified atom stereocenters. The molecular weight excluding hydrogens is 608 g/mol. The molecule has 4 aromatic rings. The van der Waals surface area contributed by atoms with Crippen LogP contribution in [-0.2, 0) is 11.4 Å². The lowest BCUT2D eigenvalue weighted by molar-refractivity contribution is -0.114. The molecule has 0 atom stereocenters. The topological polar surface area (TPSA) is 51.1 Å². The van der Waals surface area contributed by atoms with Crippen LogP contribution >= 0.6 is 31.9 Å². The minimum atomic E-state index is -0.195. The number of hydrogen-bond donors (Lipinski definition) is 0. The van der Waals surface area contributed by atoms with Gasteiger partial charge in [0.25, 0.3) is 5.91 Å². The average Bonchev–Trinajstić information content (AvgIpc) is 3.26. The molecule has 38 heavy (non-hydrogen) atoms. The molecule has 0 saturated carbocycles. The highest BCUT2D eigenvalue weighted by Gasteiger charge is 2.32. The fourth-order valence-electron chi connectivity index (χ4n) is 4.08. The Labute approximate surface area is 238 Å². The van der Waals surface area contributed by atoms with Gasteiger partial charge in [0, 0.05) is 10.0 Å². The first kappa shape index (κ1) is 25.9. The Morgan fingerprint density at radius 2 is 1.55 bits per heavy atom. The summed E-state index contributed by atoms with van der Waals surface area (Å²) in [6.07, 6.45) is 1.85. The molecule has 1 amide bonds. The molecule has 190 valence electrons. The van der Waals surface area contributed by atoms with Crippen molar-refractivity contribution in [2.45, 2.75) is 13.5 Å². The third-order valence-electron chi connectivity index (χ3n) is 5.87. The number of carbonyl (C=O) groups is 1. The fourth-order valence-corrected chi connectivity index (χ4v) is 4.91. The summed E-state index contributed by atoms with van der Waals surface area (Å²) >= 11 is 7.12. The van der Waals surface area contributed by atoms with Crippen molar-refractivity contribution >= 4 is 55.2 Å². The Morgan fingerprint density at radius 1 is 0.868 bits per heavy atom. The van der Waals surface area contributed by atoms with Gasteiger partial charge in [0.2, 0.25) is 0 Å². The van der Waals surface area contributed by atoms with Crippen LogP contribution in [0.1, 0.15) is 23.6 Å². The van der Waals surface area contributed by atoms with Crippen LogP contribution in [0, 0.1) is 0 Å². The van der Waals surface area contributed by atoms with Crippen LogP contribution in [0.4, 0.5) is 5.69 Å². The van der Waals surface area contributed by atoms with Gasteiger partial charge in [-0.05, 0) is 76.5 Å². The summed E-state index contributed by atoms with van der Waals surface area (Å²) in [5, 5.41) is 6.16. The first-order valence-electron chi connectivity index (χ1n) is 12.1. The highest BCUT2D eigenvalue weighted by atomic mass is 79.9. The molecule has 1 aliphatic rings. The second kappa shape index (κ2) is 11.8. The summed E-state index contributed by atoms with van der Waals surface area (Å²) in [4.78, 5) is 13.6. The molecule has 1 heterocycles. The third-order valence-corrected chi connectivity index (χ3v) is 6.98. The van der Waals surface area contributed by atoms with Gasteiger partial charge in [0.15, 0.2) is 11.5 Å². The lowest BCUT2D eigenvalue weighted by Gasteiger charge is -2.15. The van der Waals surface area contributed by atoms with E-state index >= 15 is 0 Å². The normalized spacial score (nSPS) is 14.1. The highest BCUT2D eigenvalue weighted by Crippen LogP contribution is 2.39. The van der Waals surface area contributed by atoms with Crippen molar-refractivity contribution in [3.63, 3.8) is 0 Å². The molecule has 5 nitrogen and oxygen atoms in total. The van der Waals surface area contributed by atoms with E-state index < -0.39 is 0 Å². The molecule has 5 rings (SSSR count). The van der Waals surface area contributed by atoms with Crippen LogP contribution in [0.3, 0.4) is 0 Å². The van der Waals surface area contributed by atoms with Gasteiger partial charge < -0.3 is 9.47 Å². The van der Waals surface area contributed by atoms with Gasteiger partial charge in [0.05, 0.1) is 22.3 Å². The van der Waals surface area contributed by atoms with Crippen molar-refractivity contribution in [3.05, 3.63) is 128 Å². The molecule has 0 saturated heterocycles. The minimum Gasteiger partial charge on any atom is -0.490 e. The molecule has 7 heteroatoms. The fraction of sp³-hybridized carbons (Fsp3) is 0.0968. The zero-order chi connectivity index (χ0) is 26.5. The number of halogens is 2. The number of benzene rings is 4. The van der Waals surface area contributed by atoms with E-state index in [-0.39, 0.29) is 5.91 Å². The lowest BCUT2D eigenvalue weighted by Crippen LogP contribution is -2.21. The Bertz CT molecular complexity index is 1500. The Kier molecular flexibility index (Phi) is 8.05. The van der Waals surface area contributed by atoms with Crippen LogP contribution in [-0.4, -0.2) is 18.2 Å². The molecular formula is C31H24Br2N2O3. The zero-order valence-corrected chi connectivity index (χ0v) is 23.8. The minimum absolute atomic E-state index is 0.195. The molecule has 0 spiro atoms. The number of nitrogens with zero attached hydrogens (tertiary/aromatic N) is 2. The number of carbonyl (C=O) groups excluding carboxylic acids is 1. The Balaban J connectivity index is 1.51. The van der Waals surface area contributed by atoms with Gasteiger partial charge in [-0.3, -0.25) is 4.79 Å². The second-order valence-corrected chi connectivity index (χ2v) is 10.3. The lowest BCUT2D eigenvalue weighted by atomic mass is 10.00. The van der Waals surface area contributed by atoms with Crippen LogP contribution in [0.25, 0.3) is 6.08 Å². The molecule has 0 aliphatic carbocycles. The van der Waals surface area contributed by atoms with Crippen LogP contribution < -0.4 is 14.5 Å². The first-order valence-corrected chi connectivity index (χ1v) is 13.7. The molecule has 4 aromatic carbocycles. The maximum absolute atomic E-state index is 13.6. The third kappa shape index (κ3) is 5.74. The van der Waals surface area contributed by atoms with Crippen molar-refractivity contribution in [2.24, 2.45) is 5.10 Å². The van der Waals surface area contributed by atoms with E-state index in [4.69, 9.17) is 14.6 Å². The van der Waals surface area contributed by atoms with Crippen LogP contribution in [0.2, 0.25) is 0 Å². The first-order chi connectivity index (χ1) is 18.5. The summed E-state index contributed by atoms with van der Waals surface area (Å²) in [6.45, 7) is 2.79. The predicted octanol–water partition coefficient (Wildman–Crippen LogP) is 8.02. The summed E-state index contributed by atoms with van der Waals surface area (Å²) in [7, 11) is 0. The van der Waals surface area contributed by atoms with Gasteiger partial charge in [-0.1, -0.05) is 76.6 Å². The maximum Gasteiger partial charge on any atom is 0.281 e. The SMILES string of the molecule is CCOc1cc(/C=C2\C(=O)N(c3ccccc3)N=C2c2ccccc2)cc(Br)c1OCc1ccc(Br)cc1. The van der Waals surface area contributed by atoms with Crippen molar-refractivity contribution in [2.75, 3.05) is 11.6 Å². The van der Waals surface area contributed by atoms with E-state index in [0.717, 1.165) is 25.6 Å².